The van der Waals surface area contributed by atoms with Gasteiger partial charge in [0.15, 0.2) is 5.88 Å². The van der Waals surface area contributed by atoms with E-state index in [1.54, 1.807) is 18.2 Å². The van der Waals surface area contributed by atoms with Crippen molar-refractivity contribution >= 4 is 21.8 Å². The Morgan fingerprint density at radius 1 is 1.30 bits per heavy atom. The minimum Gasteiger partial charge on any atom is -0.494 e. The molecule has 23 heavy (non-hydrogen) atoms. The molecule has 4 N–H and O–H groups in total. The maximum absolute atomic E-state index is 11.4. The maximum atomic E-state index is 11.4. The van der Waals surface area contributed by atoms with Gasteiger partial charge >= 0.3 is 0 Å². The number of halogens is 1. The molecule has 0 unspecified atom stereocenters. The number of rotatable bonds is 4. The highest BCUT2D eigenvalue weighted by atomic mass is 79.9. The Labute approximate surface area is 142 Å². The van der Waals surface area contributed by atoms with Crippen LogP contribution in [0.3, 0.4) is 0 Å². The summed E-state index contributed by atoms with van der Waals surface area (Å²) < 4.78 is 2.43. The predicted octanol–water partition coefficient (Wildman–Crippen LogP) is 2.46. The molecule has 0 atom stereocenters. The zero-order chi connectivity index (χ0) is 16.6. The van der Waals surface area contributed by atoms with Gasteiger partial charge in [-0.05, 0) is 65.4 Å². The first kappa shape index (κ1) is 16.1. The third-order valence-electron chi connectivity index (χ3n) is 4.39. The number of aromatic hydroxyl groups is 1. The van der Waals surface area contributed by atoms with Gasteiger partial charge in [-0.15, -0.1) is 0 Å². The quantitative estimate of drug-likeness (QED) is 0.763. The number of fused-ring (bicyclic) bond motifs is 1. The summed E-state index contributed by atoms with van der Waals surface area (Å²) in [5.41, 5.74) is 9.60. The third kappa shape index (κ3) is 2.77. The van der Waals surface area contributed by atoms with Crippen LogP contribution in [0.1, 0.15) is 40.0 Å². The summed E-state index contributed by atoms with van der Waals surface area (Å²) in [4.78, 5) is 11.4. The van der Waals surface area contributed by atoms with Gasteiger partial charge in [0.1, 0.15) is 0 Å². The molecule has 1 aliphatic rings. The fourth-order valence-corrected chi connectivity index (χ4v) is 3.92. The number of aromatic nitrogens is 1. The van der Waals surface area contributed by atoms with Crippen molar-refractivity contribution < 1.29 is 15.0 Å². The van der Waals surface area contributed by atoms with E-state index in [4.69, 9.17) is 5.73 Å². The Hall–Kier alpha value is -1.79. The minimum absolute atomic E-state index is 0.00825. The van der Waals surface area contributed by atoms with Gasteiger partial charge in [-0.25, -0.2) is 0 Å². The summed E-state index contributed by atoms with van der Waals surface area (Å²) in [6.07, 6.45) is 4.44. The highest BCUT2D eigenvalue weighted by Crippen LogP contribution is 2.37. The first-order chi connectivity index (χ1) is 11.0. The molecule has 1 aromatic heterocycles. The Kier molecular flexibility index (Phi) is 4.46. The molecule has 0 radical (unpaired) electrons. The van der Waals surface area contributed by atoms with E-state index < -0.39 is 5.91 Å². The predicted molar refractivity (Wildman–Crippen MR) is 91.1 cm³/mol. The molecule has 0 aliphatic heterocycles. The van der Waals surface area contributed by atoms with E-state index in [-0.39, 0.29) is 12.5 Å². The van der Waals surface area contributed by atoms with E-state index in [9.17, 15) is 15.0 Å². The number of aliphatic hydroxyl groups excluding tert-OH is 1. The van der Waals surface area contributed by atoms with Gasteiger partial charge in [0.2, 0.25) is 5.91 Å². The van der Waals surface area contributed by atoms with E-state index in [1.807, 2.05) is 4.57 Å². The van der Waals surface area contributed by atoms with Gasteiger partial charge in [-0.2, -0.15) is 0 Å². The Bertz CT molecular complexity index is 768. The average molecular weight is 379 g/mol. The molecule has 1 heterocycles. The highest BCUT2D eigenvalue weighted by molar-refractivity contribution is 9.10. The fourth-order valence-electron chi connectivity index (χ4n) is 3.35. The lowest BCUT2D eigenvalue weighted by Gasteiger charge is -2.16. The molecule has 1 aliphatic carbocycles. The van der Waals surface area contributed by atoms with Crippen LogP contribution in [0.25, 0.3) is 5.69 Å². The number of benzene rings is 1. The number of hydrogen-bond acceptors (Lipinski definition) is 3. The molecule has 0 saturated carbocycles. The largest absolute Gasteiger partial charge is 0.494 e. The molecule has 1 amide bonds. The molecule has 6 heteroatoms. The molecule has 122 valence electrons. The highest BCUT2D eigenvalue weighted by Gasteiger charge is 2.25. The van der Waals surface area contributed by atoms with Crippen molar-refractivity contribution in [2.75, 3.05) is 6.61 Å². The van der Waals surface area contributed by atoms with Crippen LogP contribution in [0, 0.1) is 0 Å². The van der Waals surface area contributed by atoms with Crippen LogP contribution >= 0.6 is 15.9 Å². The number of nitrogens with zero attached hydrogens (tertiary/aromatic N) is 1. The molecule has 1 aromatic carbocycles. The monoisotopic (exact) mass is 378 g/mol. The standard InChI is InChI=1S/C17H19BrN2O3/c18-14-9-10(5-6-13(14)16(19)22)20-15-4-2-1-3-11(15)12(7-8-21)17(20)23/h5-6,9,21,23H,1-4,7-8H2,(H2,19,22). The lowest BCUT2D eigenvalue weighted by molar-refractivity contribution is 0.0999. The molecule has 0 spiro atoms. The summed E-state index contributed by atoms with van der Waals surface area (Å²) in [5.74, 6) is -0.312. The molecule has 0 bridgehead atoms. The summed E-state index contributed by atoms with van der Waals surface area (Å²) in [6.45, 7) is 0.00825. The normalized spacial score (nSPS) is 13.8. The van der Waals surface area contributed by atoms with Crippen LogP contribution in [0.4, 0.5) is 0 Å². The van der Waals surface area contributed by atoms with Crippen molar-refractivity contribution in [3.8, 4) is 11.6 Å². The zero-order valence-corrected chi connectivity index (χ0v) is 14.3. The van der Waals surface area contributed by atoms with Crippen molar-refractivity contribution in [2.45, 2.75) is 32.1 Å². The Balaban J connectivity index is 2.16. The Morgan fingerprint density at radius 2 is 2.04 bits per heavy atom. The van der Waals surface area contributed by atoms with Crippen LogP contribution in [0.2, 0.25) is 0 Å². The molecule has 3 rings (SSSR count). The zero-order valence-electron chi connectivity index (χ0n) is 12.7. The van der Waals surface area contributed by atoms with Crippen LogP contribution in [0.15, 0.2) is 22.7 Å². The first-order valence-corrected chi connectivity index (χ1v) is 8.48. The molecule has 2 aromatic rings. The maximum Gasteiger partial charge on any atom is 0.249 e. The molecular weight excluding hydrogens is 360 g/mol. The van der Waals surface area contributed by atoms with Crippen molar-refractivity contribution in [2.24, 2.45) is 5.73 Å². The summed E-state index contributed by atoms with van der Waals surface area (Å²) in [5, 5.41) is 20.0. The third-order valence-corrected chi connectivity index (χ3v) is 5.05. The van der Waals surface area contributed by atoms with E-state index in [0.29, 0.717) is 16.5 Å². The second kappa shape index (κ2) is 6.37. The number of aliphatic hydroxyl groups is 1. The van der Waals surface area contributed by atoms with Gasteiger partial charge in [0.25, 0.3) is 0 Å². The molecular formula is C17H19BrN2O3. The fraction of sp³-hybridized carbons (Fsp3) is 0.353. The lowest BCUT2D eigenvalue weighted by atomic mass is 9.94. The smallest absolute Gasteiger partial charge is 0.249 e. The van der Waals surface area contributed by atoms with Gasteiger partial charge in [-0.1, -0.05) is 0 Å². The van der Waals surface area contributed by atoms with E-state index >= 15 is 0 Å². The average Bonchev–Trinajstić information content (AvgIpc) is 2.80. The van der Waals surface area contributed by atoms with Crippen LogP contribution in [0.5, 0.6) is 5.88 Å². The first-order valence-electron chi connectivity index (χ1n) is 7.69. The van der Waals surface area contributed by atoms with Gasteiger partial charge in [-0.3, -0.25) is 9.36 Å². The number of hydrogen-bond donors (Lipinski definition) is 3. The SMILES string of the molecule is NC(=O)c1ccc(-n2c(O)c(CCO)c3c2CCCC3)cc1Br. The lowest BCUT2D eigenvalue weighted by Crippen LogP contribution is -2.12. The minimum atomic E-state index is -0.497. The van der Waals surface area contributed by atoms with Crippen LogP contribution in [-0.2, 0) is 19.3 Å². The number of carbonyl (C=O) groups is 1. The Morgan fingerprint density at radius 3 is 2.70 bits per heavy atom. The summed E-state index contributed by atoms with van der Waals surface area (Å²) >= 11 is 3.37. The van der Waals surface area contributed by atoms with Crippen LogP contribution in [-0.4, -0.2) is 27.3 Å². The van der Waals surface area contributed by atoms with Crippen LogP contribution < -0.4 is 5.73 Å². The molecule has 0 fully saturated rings. The second-order valence-corrected chi connectivity index (χ2v) is 6.63. The van der Waals surface area contributed by atoms with Crippen molar-refractivity contribution in [1.82, 2.24) is 4.57 Å². The van der Waals surface area contributed by atoms with Gasteiger partial charge in [0.05, 0.1) is 5.56 Å². The van der Waals surface area contributed by atoms with Crippen molar-refractivity contribution in [1.29, 1.82) is 0 Å². The molecule has 5 nitrogen and oxygen atoms in total. The summed E-state index contributed by atoms with van der Waals surface area (Å²) in [7, 11) is 0. The van der Waals surface area contributed by atoms with E-state index in [0.717, 1.165) is 48.2 Å². The topological polar surface area (TPSA) is 88.5 Å². The summed E-state index contributed by atoms with van der Waals surface area (Å²) in [6, 6.07) is 5.22. The molecule has 0 saturated heterocycles. The number of amides is 1. The van der Waals surface area contributed by atoms with E-state index in [1.165, 1.54) is 0 Å². The number of nitrogens with two attached hydrogens (primary N) is 1. The van der Waals surface area contributed by atoms with Crippen molar-refractivity contribution in [3.05, 3.63) is 45.1 Å². The van der Waals surface area contributed by atoms with Crippen molar-refractivity contribution in [3.63, 3.8) is 0 Å². The second-order valence-electron chi connectivity index (χ2n) is 5.77. The number of carbonyl (C=O) groups excluding carboxylic acids is 1. The van der Waals surface area contributed by atoms with Gasteiger partial charge in [0, 0.05) is 34.4 Å². The number of primary amides is 1. The van der Waals surface area contributed by atoms with Gasteiger partial charge < -0.3 is 15.9 Å². The van der Waals surface area contributed by atoms with E-state index in [2.05, 4.69) is 15.9 Å².